The van der Waals surface area contributed by atoms with Gasteiger partial charge in [0.15, 0.2) is 0 Å². The van der Waals surface area contributed by atoms with E-state index in [4.69, 9.17) is 0 Å². The third kappa shape index (κ3) is 4.22. The second kappa shape index (κ2) is 7.29. The van der Waals surface area contributed by atoms with Crippen LogP contribution in [0, 0.1) is 17.3 Å². The number of carbonyl (C=O) groups excluding carboxylic acids is 1. The molecule has 3 heteroatoms. The van der Waals surface area contributed by atoms with Crippen LogP contribution < -0.4 is 5.32 Å². The first-order chi connectivity index (χ1) is 9.52. The number of rotatable bonds is 5. The molecule has 0 unspecified atom stereocenters. The molecule has 2 rings (SSSR count). The van der Waals surface area contributed by atoms with Gasteiger partial charge in [0.2, 0.25) is 5.91 Å². The van der Waals surface area contributed by atoms with Crippen molar-refractivity contribution in [2.45, 2.75) is 76.5 Å². The van der Waals surface area contributed by atoms with Crippen molar-refractivity contribution >= 4 is 21.8 Å². The van der Waals surface area contributed by atoms with Gasteiger partial charge in [0.1, 0.15) is 0 Å². The summed E-state index contributed by atoms with van der Waals surface area (Å²) in [5.74, 6) is 1.66. The molecular weight excluding hydrogens is 314 g/mol. The van der Waals surface area contributed by atoms with Crippen molar-refractivity contribution in [3.63, 3.8) is 0 Å². The van der Waals surface area contributed by atoms with Crippen LogP contribution in [0.25, 0.3) is 0 Å². The van der Waals surface area contributed by atoms with Gasteiger partial charge in [-0.15, -0.1) is 0 Å². The fourth-order valence-electron chi connectivity index (χ4n) is 4.11. The van der Waals surface area contributed by atoms with Gasteiger partial charge in [0, 0.05) is 16.8 Å². The van der Waals surface area contributed by atoms with Crippen LogP contribution in [-0.4, -0.2) is 17.3 Å². The summed E-state index contributed by atoms with van der Waals surface area (Å²) in [5, 5.41) is 3.30. The monoisotopic (exact) mass is 343 g/mol. The Kier molecular flexibility index (Phi) is 5.95. The van der Waals surface area contributed by atoms with Crippen molar-refractivity contribution in [2.75, 3.05) is 6.54 Å². The second-order valence-electron chi connectivity index (χ2n) is 7.41. The summed E-state index contributed by atoms with van der Waals surface area (Å²) in [6, 6.07) is 0. The topological polar surface area (TPSA) is 29.1 Å². The highest BCUT2D eigenvalue weighted by molar-refractivity contribution is 9.09. The second-order valence-corrected chi connectivity index (χ2v) is 8.71. The average Bonchev–Trinajstić information content (AvgIpc) is 2.86. The number of hydrogen-bond acceptors (Lipinski definition) is 1. The minimum Gasteiger partial charge on any atom is -0.355 e. The van der Waals surface area contributed by atoms with Crippen molar-refractivity contribution in [1.29, 1.82) is 0 Å². The molecule has 1 N–H and O–H groups in total. The fraction of sp³-hybridized carbons (Fsp3) is 0.941. The van der Waals surface area contributed by atoms with E-state index in [9.17, 15) is 4.79 Å². The highest BCUT2D eigenvalue weighted by atomic mass is 79.9. The van der Waals surface area contributed by atoms with E-state index < -0.39 is 0 Å². The van der Waals surface area contributed by atoms with Crippen molar-refractivity contribution in [2.24, 2.45) is 17.3 Å². The lowest BCUT2D eigenvalue weighted by molar-refractivity contribution is -0.132. The summed E-state index contributed by atoms with van der Waals surface area (Å²) in [7, 11) is 0. The van der Waals surface area contributed by atoms with Gasteiger partial charge in [-0.25, -0.2) is 0 Å². The average molecular weight is 344 g/mol. The van der Waals surface area contributed by atoms with Gasteiger partial charge in [0.25, 0.3) is 0 Å². The first-order valence-corrected chi connectivity index (χ1v) is 9.36. The Morgan fingerprint density at radius 3 is 2.35 bits per heavy atom. The zero-order valence-corrected chi connectivity index (χ0v) is 14.7. The Morgan fingerprint density at radius 1 is 1.20 bits per heavy atom. The maximum Gasteiger partial charge on any atom is 0.226 e. The molecule has 0 atom stereocenters. The molecule has 2 aliphatic carbocycles. The molecule has 0 aromatic heterocycles. The molecule has 2 aliphatic rings. The minimum absolute atomic E-state index is 0.0409. The van der Waals surface area contributed by atoms with Gasteiger partial charge >= 0.3 is 0 Å². The number of nitrogens with one attached hydrogen (secondary N) is 1. The molecule has 2 saturated carbocycles. The lowest BCUT2D eigenvalue weighted by Crippen LogP contribution is -2.42. The van der Waals surface area contributed by atoms with Crippen molar-refractivity contribution < 1.29 is 4.79 Å². The minimum atomic E-state index is -0.0409. The predicted octanol–water partition coefficient (Wildman–Crippen LogP) is 4.66. The molecule has 0 aromatic rings. The van der Waals surface area contributed by atoms with E-state index in [-0.39, 0.29) is 5.41 Å². The largest absolute Gasteiger partial charge is 0.355 e. The Labute approximate surface area is 132 Å². The van der Waals surface area contributed by atoms with Crippen LogP contribution >= 0.6 is 15.9 Å². The van der Waals surface area contributed by atoms with Gasteiger partial charge in [-0.05, 0) is 56.8 Å². The number of alkyl halides is 1. The lowest BCUT2D eigenvalue weighted by atomic mass is 9.77. The molecule has 0 aliphatic heterocycles. The Bertz CT molecular complexity index is 315. The highest BCUT2D eigenvalue weighted by Crippen LogP contribution is 2.43. The molecule has 0 spiro atoms. The standard InChI is InChI=1S/C17H30BrNO/c1-13(2)11-17(9-3-4-10-17)16(20)19-12-14-5-7-15(18)8-6-14/h13-15H,3-12H2,1-2H3,(H,19,20). The van der Waals surface area contributed by atoms with E-state index in [2.05, 4.69) is 35.1 Å². The zero-order chi connectivity index (χ0) is 14.6. The van der Waals surface area contributed by atoms with E-state index in [0.717, 1.165) is 25.8 Å². The summed E-state index contributed by atoms with van der Waals surface area (Å²) in [5.41, 5.74) is -0.0409. The highest BCUT2D eigenvalue weighted by Gasteiger charge is 2.41. The summed E-state index contributed by atoms with van der Waals surface area (Å²) in [6.45, 7) is 5.38. The molecular formula is C17H30BrNO. The fourth-order valence-corrected chi connectivity index (χ4v) is 4.64. The number of carbonyl (C=O) groups is 1. The number of hydrogen-bond donors (Lipinski definition) is 1. The van der Waals surface area contributed by atoms with Gasteiger partial charge in [-0.1, -0.05) is 42.6 Å². The summed E-state index contributed by atoms with van der Waals surface area (Å²) >= 11 is 3.70. The Morgan fingerprint density at radius 2 is 1.80 bits per heavy atom. The van der Waals surface area contributed by atoms with Crippen molar-refractivity contribution in [3.8, 4) is 0 Å². The van der Waals surface area contributed by atoms with E-state index in [0.29, 0.717) is 22.6 Å². The van der Waals surface area contributed by atoms with Crippen LogP contribution in [0.15, 0.2) is 0 Å². The first-order valence-electron chi connectivity index (χ1n) is 8.44. The molecule has 116 valence electrons. The molecule has 0 bridgehead atoms. The quantitative estimate of drug-likeness (QED) is 0.722. The number of amides is 1. The van der Waals surface area contributed by atoms with E-state index >= 15 is 0 Å². The van der Waals surface area contributed by atoms with Gasteiger partial charge < -0.3 is 5.32 Å². The maximum absolute atomic E-state index is 12.7. The van der Waals surface area contributed by atoms with Crippen LogP contribution in [0.4, 0.5) is 0 Å². The normalized spacial score (nSPS) is 29.6. The van der Waals surface area contributed by atoms with Crippen LogP contribution in [0.1, 0.15) is 71.6 Å². The molecule has 2 nitrogen and oxygen atoms in total. The predicted molar refractivity (Wildman–Crippen MR) is 88.0 cm³/mol. The van der Waals surface area contributed by atoms with Gasteiger partial charge in [-0.2, -0.15) is 0 Å². The molecule has 1 amide bonds. The summed E-state index contributed by atoms with van der Waals surface area (Å²) in [6.07, 6.45) is 10.8. The number of halogens is 1. The first kappa shape index (κ1) is 16.3. The Balaban J connectivity index is 1.83. The third-order valence-corrected chi connectivity index (χ3v) is 6.08. The summed E-state index contributed by atoms with van der Waals surface area (Å²) < 4.78 is 0. The zero-order valence-electron chi connectivity index (χ0n) is 13.1. The van der Waals surface area contributed by atoms with Crippen LogP contribution in [0.5, 0.6) is 0 Å². The molecule has 0 radical (unpaired) electrons. The lowest BCUT2D eigenvalue weighted by Gasteiger charge is -2.31. The molecule has 20 heavy (non-hydrogen) atoms. The van der Waals surface area contributed by atoms with Crippen molar-refractivity contribution in [1.82, 2.24) is 5.32 Å². The smallest absolute Gasteiger partial charge is 0.226 e. The SMILES string of the molecule is CC(C)CC1(C(=O)NCC2CCC(Br)CC2)CCCC1. The van der Waals surface area contributed by atoms with E-state index in [1.54, 1.807) is 0 Å². The van der Waals surface area contributed by atoms with Crippen LogP contribution in [-0.2, 0) is 4.79 Å². The van der Waals surface area contributed by atoms with Crippen molar-refractivity contribution in [3.05, 3.63) is 0 Å². The van der Waals surface area contributed by atoms with E-state index in [1.165, 1.54) is 38.5 Å². The van der Waals surface area contributed by atoms with Gasteiger partial charge in [-0.3, -0.25) is 4.79 Å². The van der Waals surface area contributed by atoms with Crippen LogP contribution in [0.2, 0.25) is 0 Å². The van der Waals surface area contributed by atoms with Crippen LogP contribution in [0.3, 0.4) is 0 Å². The maximum atomic E-state index is 12.7. The van der Waals surface area contributed by atoms with E-state index in [1.807, 2.05) is 0 Å². The Hall–Kier alpha value is -0.0500. The third-order valence-electron chi connectivity index (χ3n) is 5.17. The molecule has 0 aromatic carbocycles. The molecule has 0 saturated heterocycles. The summed E-state index contributed by atoms with van der Waals surface area (Å²) in [4.78, 5) is 13.4. The molecule has 2 fully saturated rings. The van der Waals surface area contributed by atoms with Gasteiger partial charge in [0.05, 0.1) is 0 Å². The molecule has 0 heterocycles.